The zero-order valence-electron chi connectivity index (χ0n) is 16.6. The molecule has 0 heterocycles. The van der Waals surface area contributed by atoms with E-state index in [9.17, 15) is 4.79 Å². The predicted molar refractivity (Wildman–Crippen MR) is 106 cm³/mol. The molecule has 26 heavy (non-hydrogen) atoms. The van der Waals surface area contributed by atoms with Crippen molar-refractivity contribution in [2.24, 2.45) is 5.92 Å². The molecule has 0 bridgehead atoms. The molecule has 1 N–H and O–H groups in total. The maximum absolute atomic E-state index is 11.0. The summed E-state index contributed by atoms with van der Waals surface area (Å²) in [5.74, 6) is -0.220. The van der Waals surface area contributed by atoms with Gasteiger partial charge in [0.05, 0.1) is 0 Å². The molecule has 0 spiro atoms. The molecule has 1 saturated carbocycles. The number of benzene rings is 1. The van der Waals surface area contributed by atoms with E-state index in [2.05, 4.69) is 52.8 Å². The Hall–Kier alpha value is -1.83. The van der Waals surface area contributed by atoms with Crippen LogP contribution < -0.4 is 0 Å². The van der Waals surface area contributed by atoms with Crippen molar-refractivity contribution in [3.8, 4) is 0 Å². The van der Waals surface area contributed by atoms with E-state index in [1.54, 1.807) is 0 Å². The Morgan fingerprint density at radius 2 is 1.69 bits per heavy atom. The number of fused-ring (bicyclic) bond motifs is 2. The molecule has 1 aromatic rings. The molecule has 2 heteroatoms. The molecule has 3 aliphatic rings. The summed E-state index contributed by atoms with van der Waals surface area (Å²) in [6.07, 6.45) is 10.1. The van der Waals surface area contributed by atoms with Crippen LogP contribution in [-0.2, 0) is 21.0 Å². The quantitative estimate of drug-likeness (QED) is 0.723. The Labute approximate surface area is 157 Å². The molecular formula is C24H30O2. The normalized spacial score (nSPS) is 30.7. The van der Waals surface area contributed by atoms with Gasteiger partial charge in [-0.3, -0.25) is 0 Å². The Morgan fingerprint density at radius 1 is 1.08 bits per heavy atom. The van der Waals surface area contributed by atoms with Crippen molar-refractivity contribution in [2.45, 2.75) is 76.5 Å². The van der Waals surface area contributed by atoms with Crippen molar-refractivity contribution in [2.75, 3.05) is 0 Å². The highest BCUT2D eigenvalue weighted by atomic mass is 16.4. The standard InChI is InChI=1S/C24H30O2/c1-15-12-19-20(23(4,5)11-10-22(19,2)3)13-18(15)24-14-17(24)7-6-16(24)8-9-21(25)26/h6,8-9,12-13,17H,7,10-11,14H2,1-5H3,(H,25,26)/b9-8+. The van der Waals surface area contributed by atoms with E-state index in [0.717, 1.165) is 12.8 Å². The molecule has 1 fully saturated rings. The van der Waals surface area contributed by atoms with E-state index < -0.39 is 5.97 Å². The number of aliphatic carboxylic acids is 1. The molecule has 2 atom stereocenters. The molecule has 2 unspecified atom stereocenters. The van der Waals surface area contributed by atoms with E-state index in [4.69, 9.17) is 5.11 Å². The summed E-state index contributed by atoms with van der Waals surface area (Å²) in [5, 5.41) is 9.05. The third-order valence-corrected chi connectivity index (χ3v) is 7.33. The van der Waals surface area contributed by atoms with E-state index >= 15 is 0 Å². The molecule has 0 radical (unpaired) electrons. The SMILES string of the molecule is Cc1cc2c(cc1C13CC1CC=C3/C=C/C(=O)O)C(C)(C)CCC2(C)C. The van der Waals surface area contributed by atoms with Gasteiger partial charge in [0, 0.05) is 11.5 Å². The second kappa shape index (κ2) is 5.34. The number of carbonyl (C=O) groups is 1. The Balaban J connectivity index is 1.85. The molecule has 138 valence electrons. The van der Waals surface area contributed by atoms with E-state index in [0.29, 0.717) is 5.92 Å². The minimum absolute atomic E-state index is 0.0583. The van der Waals surface area contributed by atoms with Gasteiger partial charge in [-0.2, -0.15) is 0 Å². The van der Waals surface area contributed by atoms with Crippen LogP contribution in [0.4, 0.5) is 0 Å². The van der Waals surface area contributed by atoms with Crippen LogP contribution in [0.15, 0.2) is 35.9 Å². The van der Waals surface area contributed by atoms with Crippen molar-refractivity contribution in [1.29, 1.82) is 0 Å². The highest BCUT2D eigenvalue weighted by Crippen LogP contribution is 2.66. The number of hydrogen-bond acceptors (Lipinski definition) is 1. The van der Waals surface area contributed by atoms with Gasteiger partial charge in [0.25, 0.3) is 0 Å². The summed E-state index contributed by atoms with van der Waals surface area (Å²) in [6.45, 7) is 11.7. The third kappa shape index (κ3) is 2.41. The largest absolute Gasteiger partial charge is 0.478 e. The molecule has 0 saturated heterocycles. The van der Waals surface area contributed by atoms with Gasteiger partial charge in [-0.05, 0) is 77.2 Å². The summed E-state index contributed by atoms with van der Waals surface area (Å²) in [7, 11) is 0. The van der Waals surface area contributed by atoms with Gasteiger partial charge in [0.15, 0.2) is 0 Å². The topological polar surface area (TPSA) is 37.3 Å². The number of allylic oxidation sites excluding steroid dienone is 3. The first-order chi connectivity index (χ1) is 12.1. The number of carboxylic acid groups (broad SMARTS) is 1. The third-order valence-electron chi connectivity index (χ3n) is 7.33. The van der Waals surface area contributed by atoms with Gasteiger partial charge in [-0.1, -0.05) is 52.0 Å². The van der Waals surface area contributed by atoms with Crippen molar-refractivity contribution >= 4 is 5.97 Å². The van der Waals surface area contributed by atoms with Crippen molar-refractivity contribution < 1.29 is 9.90 Å². The smallest absolute Gasteiger partial charge is 0.328 e. The highest BCUT2D eigenvalue weighted by molar-refractivity contribution is 5.81. The fourth-order valence-electron chi connectivity index (χ4n) is 5.49. The fourth-order valence-corrected chi connectivity index (χ4v) is 5.49. The van der Waals surface area contributed by atoms with Crippen LogP contribution in [0.1, 0.15) is 75.6 Å². The van der Waals surface area contributed by atoms with Gasteiger partial charge in [0.1, 0.15) is 0 Å². The lowest BCUT2D eigenvalue weighted by Crippen LogP contribution is -2.34. The molecule has 3 aliphatic carbocycles. The van der Waals surface area contributed by atoms with Crippen LogP contribution in [0.3, 0.4) is 0 Å². The van der Waals surface area contributed by atoms with Crippen LogP contribution >= 0.6 is 0 Å². The average molecular weight is 351 g/mol. The second-order valence-electron chi connectivity index (χ2n) is 9.92. The van der Waals surface area contributed by atoms with Gasteiger partial charge in [0.2, 0.25) is 0 Å². The predicted octanol–water partition coefficient (Wildman–Crippen LogP) is 5.57. The van der Waals surface area contributed by atoms with E-state index in [-0.39, 0.29) is 16.2 Å². The van der Waals surface area contributed by atoms with Crippen molar-refractivity contribution in [3.63, 3.8) is 0 Å². The zero-order chi connectivity index (χ0) is 18.9. The number of hydrogen-bond donors (Lipinski definition) is 1. The van der Waals surface area contributed by atoms with Gasteiger partial charge in [-0.15, -0.1) is 0 Å². The number of rotatable bonds is 3. The number of carboxylic acids is 1. The molecule has 2 nitrogen and oxygen atoms in total. The van der Waals surface area contributed by atoms with E-state index in [1.807, 2.05) is 6.08 Å². The lowest BCUT2D eigenvalue weighted by atomic mass is 9.62. The van der Waals surface area contributed by atoms with Crippen molar-refractivity contribution in [3.05, 3.63) is 58.2 Å². The lowest BCUT2D eigenvalue weighted by Gasteiger charge is -2.43. The summed E-state index contributed by atoms with van der Waals surface area (Å²) in [6, 6.07) is 4.92. The highest BCUT2D eigenvalue weighted by Gasteiger charge is 2.60. The Bertz CT molecular complexity index is 853. The summed E-state index contributed by atoms with van der Waals surface area (Å²) < 4.78 is 0. The first kappa shape index (κ1) is 17.6. The van der Waals surface area contributed by atoms with Crippen LogP contribution in [0.25, 0.3) is 0 Å². The van der Waals surface area contributed by atoms with E-state index in [1.165, 1.54) is 46.7 Å². The van der Waals surface area contributed by atoms with Gasteiger partial charge < -0.3 is 5.11 Å². The monoisotopic (exact) mass is 350 g/mol. The molecule has 4 rings (SSSR count). The first-order valence-electron chi connectivity index (χ1n) is 9.86. The van der Waals surface area contributed by atoms with Crippen LogP contribution in [0, 0.1) is 12.8 Å². The maximum Gasteiger partial charge on any atom is 0.328 e. The van der Waals surface area contributed by atoms with Crippen molar-refractivity contribution in [1.82, 2.24) is 0 Å². The second-order valence-corrected chi connectivity index (χ2v) is 9.92. The Kier molecular flexibility index (Phi) is 3.61. The summed E-state index contributed by atoms with van der Waals surface area (Å²) >= 11 is 0. The lowest BCUT2D eigenvalue weighted by molar-refractivity contribution is -0.131. The maximum atomic E-state index is 11.0. The van der Waals surface area contributed by atoms with Gasteiger partial charge >= 0.3 is 5.97 Å². The first-order valence-corrected chi connectivity index (χ1v) is 9.86. The molecule has 0 aromatic heterocycles. The molecule has 0 aliphatic heterocycles. The summed E-state index contributed by atoms with van der Waals surface area (Å²) in [4.78, 5) is 11.0. The van der Waals surface area contributed by atoms with Crippen LogP contribution in [-0.4, -0.2) is 11.1 Å². The minimum Gasteiger partial charge on any atom is -0.478 e. The van der Waals surface area contributed by atoms with Crippen LogP contribution in [0.2, 0.25) is 0 Å². The van der Waals surface area contributed by atoms with Gasteiger partial charge in [-0.25, -0.2) is 4.79 Å². The summed E-state index contributed by atoms with van der Waals surface area (Å²) in [5.41, 5.74) is 7.51. The van der Waals surface area contributed by atoms with Crippen LogP contribution in [0.5, 0.6) is 0 Å². The molecule has 1 aromatic carbocycles. The minimum atomic E-state index is -0.866. The average Bonchev–Trinajstić information content (AvgIpc) is 3.17. The zero-order valence-corrected chi connectivity index (χ0v) is 16.6. The molecule has 0 amide bonds. The fraction of sp³-hybridized carbons (Fsp3) is 0.542. The molecular weight excluding hydrogens is 320 g/mol. The Morgan fingerprint density at radius 3 is 2.27 bits per heavy atom. The number of aryl methyl sites for hydroxylation is 1.